The molecule has 6 nitrogen and oxygen atoms in total. The van der Waals surface area contributed by atoms with Crippen LogP contribution in [0.4, 0.5) is 0 Å². The van der Waals surface area contributed by atoms with Crippen molar-refractivity contribution in [1.29, 1.82) is 0 Å². The first-order valence-electron chi connectivity index (χ1n) is 8.69. The zero-order valence-corrected chi connectivity index (χ0v) is 16.9. The molecule has 146 valence electrons. The highest BCUT2D eigenvalue weighted by atomic mass is 32.2. The van der Waals surface area contributed by atoms with Crippen LogP contribution in [0.3, 0.4) is 0 Å². The van der Waals surface area contributed by atoms with Gasteiger partial charge in [0.2, 0.25) is 10.0 Å². The van der Waals surface area contributed by atoms with Crippen LogP contribution in [0.2, 0.25) is 0 Å². The largest absolute Gasteiger partial charge is 0.457 e. The second-order valence-electron chi connectivity index (χ2n) is 7.21. The Morgan fingerprint density at radius 2 is 1.67 bits per heavy atom. The van der Waals surface area contributed by atoms with E-state index in [0.29, 0.717) is 17.9 Å². The van der Waals surface area contributed by atoms with Gasteiger partial charge >= 0.3 is 0 Å². The van der Waals surface area contributed by atoms with Crippen LogP contribution in [0.1, 0.15) is 25.0 Å². The molecule has 0 saturated heterocycles. The minimum atomic E-state index is -3.80. The Kier molecular flexibility index (Phi) is 5.33. The molecule has 0 unspecified atom stereocenters. The van der Waals surface area contributed by atoms with Gasteiger partial charge in [-0.05, 0) is 68.0 Å². The van der Waals surface area contributed by atoms with Crippen LogP contribution in [-0.2, 0) is 32.7 Å². The predicted molar refractivity (Wildman–Crippen MR) is 104 cm³/mol. The normalized spacial score (nSPS) is 17.1. The zero-order valence-electron chi connectivity index (χ0n) is 15.3. The first-order chi connectivity index (χ1) is 12.5. The van der Waals surface area contributed by atoms with Gasteiger partial charge in [-0.1, -0.05) is 12.1 Å². The number of benzene rings is 2. The van der Waals surface area contributed by atoms with E-state index in [0.717, 1.165) is 17.5 Å². The molecular weight excluding hydrogens is 386 g/mol. The molecule has 8 heteroatoms. The van der Waals surface area contributed by atoms with Gasteiger partial charge in [0.15, 0.2) is 9.84 Å². The first-order valence-corrected chi connectivity index (χ1v) is 11.9. The summed E-state index contributed by atoms with van der Waals surface area (Å²) in [5, 5.41) is 4.78. The zero-order chi connectivity index (χ0) is 19.8. The third-order valence-electron chi connectivity index (χ3n) is 4.75. The van der Waals surface area contributed by atoms with E-state index in [1.165, 1.54) is 12.1 Å². The van der Waals surface area contributed by atoms with Crippen molar-refractivity contribution in [2.45, 2.75) is 36.8 Å². The number of fused-ring (bicyclic) bond motifs is 1. The maximum absolute atomic E-state index is 12.2. The molecule has 1 aliphatic rings. The Hall–Kier alpha value is -1.90. The molecule has 0 bridgehead atoms. The number of nitrogens with two attached hydrogens (primary N) is 1. The van der Waals surface area contributed by atoms with E-state index in [9.17, 15) is 16.8 Å². The van der Waals surface area contributed by atoms with Crippen LogP contribution < -0.4 is 9.88 Å². The standard InChI is InChI=1S/C19H23NO5S2/c1-13(2)26(21,22)12-14-8-15-6-7-18(10-16(15)9-14)25-17-4-3-5-19(11-17)27(20,23)24/h3-7,10-11,13-14H,8-9,12H2,1-2H3,(H2,20,23,24)/t14-/m0/s1. The number of hydrogen-bond donors (Lipinski definition) is 1. The van der Waals surface area contributed by atoms with Gasteiger partial charge in [-0.3, -0.25) is 0 Å². The fraction of sp³-hybridized carbons (Fsp3) is 0.368. The van der Waals surface area contributed by atoms with Crippen molar-refractivity contribution in [1.82, 2.24) is 0 Å². The highest BCUT2D eigenvalue weighted by Gasteiger charge is 2.28. The summed E-state index contributed by atoms with van der Waals surface area (Å²) >= 11 is 0. The minimum Gasteiger partial charge on any atom is -0.457 e. The number of sulfonamides is 1. The second-order valence-corrected chi connectivity index (χ2v) is 11.4. The Bertz CT molecular complexity index is 1060. The van der Waals surface area contributed by atoms with E-state index in [-0.39, 0.29) is 21.8 Å². The monoisotopic (exact) mass is 409 g/mol. The van der Waals surface area contributed by atoms with E-state index in [4.69, 9.17) is 9.88 Å². The van der Waals surface area contributed by atoms with Crippen molar-refractivity contribution in [2.75, 3.05) is 5.75 Å². The summed E-state index contributed by atoms with van der Waals surface area (Å²) in [7, 11) is -6.87. The number of rotatable bonds is 6. The van der Waals surface area contributed by atoms with Crippen molar-refractivity contribution in [2.24, 2.45) is 11.1 Å². The van der Waals surface area contributed by atoms with E-state index >= 15 is 0 Å². The Morgan fingerprint density at radius 1 is 1.00 bits per heavy atom. The molecule has 0 fully saturated rings. The lowest BCUT2D eigenvalue weighted by Gasteiger charge is -2.12. The number of ether oxygens (including phenoxy) is 1. The molecular formula is C19H23NO5S2. The van der Waals surface area contributed by atoms with Crippen molar-refractivity contribution < 1.29 is 21.6 Å². The van der Waals surface area contributed by atoms with Gasteiger partial charge in [-0.25, -0.2) is 22.0 Å². The molecule has 0 aliphatic heterocycles. The molecule has 0 aromatic heterocycles. The molecule has 1 atom stereocenters. The van der Waals surface area contributed by atoms with Crippen LogP contribution in [0.25, 0.3) is 0 Å². The van der Waals surface area contributed by atoms with Crippen molar-refractivity contribution in [3.8, 4) is 11.5 Å². The molecule has 0 saturated carbocycles. The summed E-state index contributed by atoms with van der Waals surface area (Å²) in [6.45, 7) is 3.41. The van der Waals surface area contributed by atoms with Gasteiger partial charge < -0.3 is 4.74 Å². The lowest BCUT2D eigenvalue weighted by molar-refractivity contribution is 0.480. The van der Waals surface area contributed by atoms with Gasteiger partial charge in [-0.15, -0.1) is 0 Å². The third kappa shape index (κ3) is 4.69. The number of hydrogen-bond acceptors (Lipinski definition) is 5. The summed E-state index contributed by atoms with van der Waals surface area (Å²) in [5.41, 5.74) is 2.20. The van der Waals surface area contributed by atoms with Gasteiger partial charge in [-0.2, -0.15) is 0 Å². The quantitative estimate of drug-likeness (QED) is 0.790. The van der Waals surface area contributed by atoms with E-state index in [1.54, 1.807) is 26.0 Å². The molecule has 0 amide bonds. The lowest BCUT2D eigenvalue weighted by Crippen LogP contribution is -2.23. The van der Waals surface area contributed by atoms with Gasteiger partial charge in [0.1, 0.15) is 11.5 Å². The van der Waals surface area contributed by atoms with E-state index in [1.807, 2.05) is 18.2 Å². The molecule has 0 heterocycles. The summed E-state index contributed by atoms with van der Waals surface area (Å²) in [4.78, 5) is -0.0138. The summed E-state index contributed by atoms with van der Waals surface area (Å²) in [5.74, 6) is 1.21. The second kappa shape index (κ2) is 7.26. The lowest BCUT2D eigenvalue weighted by atomic mass is 10.1. The average molecular weight is 410 g/mol. The van der Waals surface area contributed by atoms with Crippen LogP contribution in [-0.4, -0.2) is 27.8 Å². The average Bonchev–Trinajstić information content (AvgIpc) is 2.95. The summed E-state index contributed by atoms with van der Waals surface area (Å²) < 4.78 is 53.0. The van der Waals surface area contributed by atoms with E-state index in [2.05, 4.69) is 0 Å². The molecule has 0 spiro atoms. The molecule has 27 heavy (non-hydrogen) atoms. The van der Waals surface area contributed by atoms with Crippen LogP contribution in [0, 0.1) is 5.92 Å². The maximum atomic E-state index is 12.2. The SMILES string of the molecule is CC(C)S(=O)(=O)C[C@H]1Cc2ccc(Oc3cccc(S(N)(=O)=O)c3)cc2C1. The van der Waals surface area contributed by atoms with Crippen LogP contribution in [0.5, 0.6) is 11.5 Å². The predicted octanol–water partition coefficient (Wildman–Crippen LogP) is 2.66. The number of primary sulfonamides is 1. The highest BCUT2D eigenvalue weighted by molar-refractivity contribution is 7.92. The van der Waals surface area contributed by atoms with Crippen molar-refractivity contribution in [3.63, 3.8) is 0 Å². The summed E-state index contributed by atoms with van der Waals surface area (Å²) in [6.07, 6.45) is 1.43. The van der Waals surface area contributed by atoms with Crippen molar-refractivity contribution in [3.05, 3.63) is 53.6 Å². The Morgan fingerprint density at radius 3 is 2.33 bits per heavy atom. The van der Waals surface area contributed by atoms with Gasteiger partial charge in [0.05, 0.1) is 15.9 Å². The third-order valence-corrected chi connectivity index (χ3v) is 8.03. The molecule has 3 rings (SSSR count). The summed E-state index contributed by atoms with van der Waals surface area (Å²) in [6, 6.07) is 11.6. The topological polar surface area (TPSA) is 104 Å². The molecule has 2 aromatic rings. The van der Waals surface area contributed by atoms with Gasteiger partial charge in [0, 0.05) is 6.07 Å². The Labute approximate surface area is 160 Å². The smallest absolute Gasteiger partial charge is 0.238 e. The van der Waals surface area contributed by atoms with Crippen LogP contribution in [0.15, 0.2) is 47.4 Å². The highest BCUT2D eigenvalue weighted by Crippen LogP contribution is 2.33. The fourth-order valence-corrected chi connectivity index (χ4v) is 5.07. The van der Waals surface area contributed by atoms with Gasteiger partial charge in [0.25, 0.3) is 0 Å². The van der Waals surface area contributed by atoms with E-state index < -0.39 is 19.9 Å². The number of sulfone groups is 1. The molecule has 2 N–H and O–H groups in total. The molecule has 1 aliphatic carbocycles. The first kappa shape index (κ1) is 19.9. The van der Waals surface area contributed by atoms with Crippen LogP contribution >= 0.6 is 0 Å². The Balaban J connectivity index is 1.75. The molecule has 2 aromatic carbocycles. The minimum absolute atomic E-state index is 0.0138. The molecule has 0 radical (unpaired) electrons. The maximum Gasteiger partial charge on any atom is 0.238 e. The van der Waals surface area contributed by atoms with Crippen molar-refractivity contribution >= 4 is 19.9 Å². The fourth-order valence-electron chi connectivity index (χ4n) is 3.24.